The Labute approximate surface area is 190 Å². The normalized spacial score (nSPS) is 18.5. The van der Waals surface area contributed by atoms with Crippen LogP contribution in [-0.4, -0.2) is 49.6 Å². The summed E-state index contributed by atoms with van der Waals surface area (Å²) >= 11 is 1.49. The molecular weight excluding hydrogens is 429 g/mol. The number of fused-ring (bicyclic) bond motifs is 2. The number of halogens is 1. The van der Waals surface area contributed by atoms with Gasteiger partial charge < -0.3 is 19.3 Å². The molecule has 0 aliphatic carbocycles. The number of methoxy groups -OCH3 is 2. The summed E-state index contributed by atoms with van der Waals surface area (Å²) < 4.78 is 25.8. The lowest BCUT2D eigenvalue weighted by molar-refractivity contribution is -0.136. The van der Waals surface area contributed by atoms with E-state index in [9.17, 15) is 9.18 Å². The first-order valence-corrected chi connectivity index (χ1v) is 11.7. The molecule has 0 N–H and O–H groups in total. The topological polar surface area (TPSA) is 54.9 Å². The molecule has 32 heavy (non-hydrogen) atoms. The van der Waals surface area contributed by atoms with Gasteiger partial charge in [0.15, 0.2) is 16.6 Å². The smallest absolute Gasteiger partial charge is 0.227 e. The van der Waals surface area contributed by atoms with Crippen LogP contribution < -0.4 is 14.4 Å². The first-order valence-electron chi connectivity index (χ1n) is 10.9. The van der Waals surface area contributed by atoms with E-state index in [-0.39, 0.29) is 17.6 Å². The second kappa shape index (κ2) is 8.58. The molecule has 1 aromatic heterocycles. The van der Waals surface area contributed by atoms with E-state index in [0.717, 1.165) is 47.0 Å². The summed E-state index contributed by atoms with van der Waals surface area (Å²) in [6.45, 7) is 2.74. The van der Waals surface area contributed by atoms with E-state index in [1.807, 2.05) is 23.1 Å². The number of ether oxygens (including phenoxy) is 2. The Morgan fingerprint density at radius 2 is 1.94 bits per heavy atom. The molecule has 1 unspecified atom stereocenters. The van der Waals surface area contributed by atoms with Gasteiger partial charge in [-0.25, -0.2) is 9.37 Å². The molecule has 2 aromatic carbocycles. The standard InChI is InChI=1S/C24H26FN3O3S/c1-30-19-11-15-8-10-27(14-17(15)12-20(19)31-2)23(29)16-5-4-9-28(13-16)24-26-22-18(25)6-3-7-21(22)32-24/h3,6-7,11-12,16H,4-5,8-10,13-14H2,1-2H3. The number of amides is 1. The Morgan fingerprint density at radius 3 is 2.69 bits per heavy atom. The molecule has 0 bridgehead atoms. The van der Waals surface area contributed by atoms with Gasteiger partial charge >= 0.3 is 0 Å². The third kappa shape index (κ3) is 3.77. The number of rotatable bonds is 4. The van der Waals surface area contributed by atoms with Crippen LogP contribution in [0.25, 0.3) is 10.2 Å². The molecule has 0 saturated carbocycles. The molecule has 0 radical (unpaired) electrons. The highest BCUT2D eigenvalue weighted by Gasteiger charge is 2.32. The second-order valence-electron chi connectivity index (χ2n) is 8.35. The van der Waals surface area contributed by atoms with E-state index in [1.54, 1.807) is 20.3 Å². The zero-order valence-electron chi connectivity index (χ0n) is 18.3. The highest BCUT2D eigenvalue weighted by atomic mass is 32.1. The molecule has 3 heterocycles. The van der Waals surface area contributed by atoms with Crippen LogP contribution in [-0.2, 0) is 17.8 Å². The Hall–Kier alpha value is -2.87. The largest absolute Gasteiger partial charge is 0.493 e. The third-order valence-corrected chi connectivity index (χ3v) is 7.51. The Balaban J connectivity index is 1.32. The average molecular weight is 456 g/mol. The summed E-state index contributed by atoms with van der Waals surface area (Å²) in [7, 11) is 3.26. The van der Waals surface area contributed by atoms with Gasteiger partial charge in [-0.1, -0.05) is 17.4 Å². The summed E-state index contributed by atoms with van der Waals surface area (Å²) in [5.74, 6) is 1.21. The molecule has 2 aliphatic rings. The lowest BCUT2D eigenvalue weighted by Crippen LogP contribution is -2.46. The molecule has 1 atom stereocenters. The molecule has 0 spiro atoms. The monoisotopic (exact) mass is 455 g/mol. The number of aromatic nitrogens is 1. The van der Waals surface area contributed by atoms with Crippen LogP contribution in [0.3, 0.4) is 0 Å². The number of carbonyl (C=O) groups is 1. The number of hydrogen-bond donors (Lipinski definition) is 0. The fraction of sp³-hybridized carbons (Fsp3) is 0.417. The van der Waals surface area contributed by atoms with Crippen molar-refractivity contribution in [2.45, 2.75) is 25.8 Å². The summed E-state index contributed by atoms with van der Waals surface area (Å²) in [5.41, 5.74) is 2.72. The highest BCUT2D eigenvalue weighted by Crippen LogP contribution is 2.35. The van der Waals surface area contributed by atoms with Crippen LogP contribution in [0.5, 0.6) is 11.5 Å². The van der Waals surface area contributed by atoms with Crippen LogP contribution in [0.2, 0.25) is 0 Å². The molecule has 1 saturated heterocycles. The summed E-state index contributed by atoms with van der Waals surface area (Å²) in [6.07, 6.45) is 2.59. The Bertz CT molecular complexity index is 1160. The number of thiazole rings is 1. The number of anilines is 1. The SMILES string of the molecule is COc1cc2c(cc1OC)CN(C(=O)C1CCCN(c3nc4c(F)cccc4s3)C1)CC2. The Kier molecular flexibility index (Phi) is 5.63. The van der Waals surface area contributed by atoms with E-state index in [0.29, 0.717) is 30.9 Å². The van der Waals surface area contributed by atoms with Crippen molar-refractivity contribution in [2.24, 2.45) is 5.92 Å². The summed E-state index contributed by atoms with van der Waals surface area (Å²) in [4.78, 5) is 22.0. The van der Waals surface area contributed by atoms with E-state index >= 15 is 0 Å². The van der Waals surface area contributed by atoms with Crippen molar-refractivity contribution in [3.63, 3.8) is 0 Å². The molecule has 1 fully saturated rings. The zero-order chi connectivity index (χ0) is 22.2. The molecule has 168 valence electrons. The predicted molar refractivity (Wildman–Crippen MR) is 123 cm³/mol. The highest BCUT2D eigenvalue weighted by molar-refractivity contribution is 7.22. The number of benzene rings is 2. The van der Waals surface area contributed by atoms with Gasteiger partial charge in [0.05, 0.1) is 24.8 Å². The maximum Gasteiger partial charge on any atom is 0.227 e. The van der Waals surface area contributed by atoms with E-state index in [2.05, 4.69) is 9.88 Å². The van der Waals surface area contributed by atoms with Crippen molar-refractivity contribution >= 4 is 32.6 Å². The van der Waals surface area contributed by atoms with Gasteiger partial charge in [0, 0.05) is 26.2 Å². The van der Waals surface area contributed by atoms with Gasteiger partial charge in [-0.3, -0.25) is 4.79 Å². The lowest BCUT2D eigenvalue weighted by Gasteiger charge is -2.36. The minimum atomic E-state index is -0.298. The summed E-state index contributed by atoms with van der Waals surface area (Å²) in [6, 6.07) is 9.04. The lowest BCUT2D eigenvalue weighted by atomic mass is 9.94. The number of nitrogens with zero attached hydrogens (tertiary/aromatic N) is 3. The first kappa shape index (κ1) is 21.0. The van der Waals surface area contributed by atoms with Gasteiger partial charge in [0.25, 0.3) is 0 Å². The van der Waals surface area contributed by atoms with Crippen LogP contribution in [0.4, 0.5) is 9.52 Å². The maximum absolute atomic E-state index is 14.1. The van der Waals surface area contributed by atoms with E-state index < -0.39 is 0 Å². The van der Waals surface area contributed by atoms with Gasteiger partial charge in [0.1, 0.15) is 11.3 Å². The van der Waals surface area contributed by atoms with E-state index in [4.69, 9.17) is 9.47 Å². The number of piperidine rings is 1. The van der Waals surface area contributed by atoms with Crippen molar-refractivity contribution in [3.05, 3.63) is 47.3 Å². The van der Waals surface area contributed by atoms with Crippen LogP contribution in [0.1, 0.15) is 24.0 Å². The van der Waals surface area contributed by atoms with Crippen LogP contribution >= 0.6 is 11.3 Å². The number of hydrogen-bond acceptors (Lipinski definition) is 6. The third-order valence-electron chi connectivity index (χ3n) is 6.43. The molecule has 8 heteroatoms. The van der Waals surface area contributed by atoms with Crippen LogP contribution in [0, 0.1) is 11.7 Å². The fourth-order valence-electron chi connectivity index (χ4n) is 4.72. The molecule has 2 aliphatic heterocycles. The molecule has 3 aromatic rings. The van der Waals surface area contributed by atoms with Gasteiger partial charge in [0.2, 0.25) is 5.91 Å². The van der Waals surface area contributed by atoms with Gasteiger partial charge in [-0.05, 0) is 54.7 Å². The minimum Gasteiger partial charge on any atom is -0.493 e. The zero-order valence-corrected chi connectivity index (χ0v) is 19.1. The predicted octanol–water partition coefficient (Wildman–Crippen LogP) is 4.25. The maximum atomic E-state index is 14.1. The number of carbonyl (C=O) groups excluding carboxylic acids is 1. The quantitative estimate of drug-likeness (QED) is 0.589. The molecule has 6 nitrogen and oxygen atoms in total. The first-order chi connectivity index (χ1) is 15.6. The summed E-state index contributed by atoms with van der Waals surface area (Å²) in [5, 5.41) is 0.795. The minimum absolute atomic E-state index is 0.0812. The van der Waals surface area contributed by atoms with E-state index in [1.165, 1.54) is 23.0 Å². The molecular formula is C24H26FN3O3S. The molecule has 1 amide bonds. The van der Waals surface area contributed by atoms with Gasteiger partial charge in [-0.2, -0.15) is 0 Å². The van der Waals surface area contributed by atoms with Crippen molar-refractivity contribution in [1.82, 2.24) is 9.88 Å². The van der Waals surface area contributed by atoms with Crippen molar-refractivity contribution in [1.29, 1.82) is 0 Å². The van der Waals surface area contributed by atoms with Crippen molar-refractivity contribution < 1.29 is 18.7 Å². The Morgan fingerprint density at radius 1 is 1.16 bits per heavy atom. The number of para-hydroxylation sites is 1. The van der Waals surface area contributed by atoms with Crippen molar-refractivity contribution in [3.8, 4) is 11.5 Å². The second-order valence-corrected chi connectivity index (χ2v) is 9.36. The average Bonchev–Trinajstić information content (AvgIpc) is 3.28. The fourth-order valence-corrected chi connectivity index (χ4v) is 5.74. The van der Waals surface area contributed by atoms with Gasteiger partial charge in [-0.15, -0.1) is 0 Å². The van der Waals surface area contributed by atoms with Crippen LogP contribution in [0.15, 0.2) is 30.3 Å². The van der Waals surface area contributed by atoms with Crippen molar-refractivity contribution in [2.75, 3.05) is 38.8 Å². The molecule has 5 rings (SSSR count).